The molecule has 0 radical (unpaired) electrons. The van der Waals surface area contributed by atoms with E-state index in [4.69, 9.17) is 23.8 Å². The molecule has 1 aliphatic rings. The molecular weight excluding hydrogens is 687 g/mol. The van der Waals surface area contributed by atoms with Crippen LogP contribution in [0.4, 0.5) is 0 Å². The summed E-state index contributed by atoms with van der Waals surface area (Å²) in [6, 6.07) is 39.2. The summed E-state index contributed by atoms with van der Waals surface area (Å²) < 4.78 is 12.8. The van der Waals surface area contributed by atoms with Crippen LogP contribution in [0, 0.1) is 6.92 Å². The van der Waals surface area contributed by atoms with Gasteiger partial charge < -0.3 is 0 Å². The molecule has 0 amide bonds. The summed E-state index contributed by atoms with van der Waals surface area (Å²) in [4.78, 5) is 19.3. The maximum absolute atomic E-state index is 6.92. The van der Waals surface area contributed by atoms with E-state index in [1.165, 1.54) is 17.5 Å². The third kappa shape index (κ3) is 5.79. The molecule has 6 nitrogen and oxygen atoms in total. The van der Waals surface area contributed by atoms with Gasteiger partial charge in [-0.2, -0.15) is 0 Å². The minimum absolute atomic E-state index is 0.232. The number of furan rings is 1. The first-order valence-corrected chi connectivity index (χ1v) is 18.9. The average molecular weight is 727 g/mol. The first-order valence-electron chi connectivity index (χ1n) is 18.9. The summed E-state index contributed by atoms with van der Waals surface area (Å²) in [7, 11) is 0. The molecule has 0 unspecified atom stereocenters. The second-order valence-corrected chi connectivity index (χ2v) is 14.7. The molecule has 3 heterocycles. The van der Waals surface area contributed by atoms with Gasteiger partial charge in [0.2, 0.25) is 0 Å². The summed E-state index contributed by atoms with van der Waals surface area (Å²) >= 11 is 0. The van der Waals surface area contributed by atoms with Crippen LogP contribution in [0.15, 0.2) is 143 Å². The van der Waals surface area contributed by atoms with Crippen LogP contribution in [0.3, 0.4) is 0 Å². The Morgan fingerprint density at radius 3 is 2.04 bits per heavy atom. The fraction of sp³-hybridized carbons (Fsp3) is 0.122. The number of hydrogen-bond donors (Lipinski definition) is 0. The van der Waals surface area contributed by atoms with Crippen molar-refractivity contribution < 1.29 is 8.83 Å². The van der Waals surface area contributed by atoms with Crippen molar-refractivity contribution in [3.05, 3.63) is 179 Å². The Balaban J connectivity index is 1.11. The summed E-state index contributed by atoms with van der Waals surface area (Å²) in [6.07, 6.45) is 3.63. The van der Waals surface area contributed by atoms with E-state index >= 15 is 0 Å². The van der Waals surface area contributed by atoms with Gasteiger partial charge in [0.1, 0.15) is 0 Å². The van der Waals surface area contributed by atoms with Crippen LogP contribution in [0.25, 0.3) is 67.5 Å². The van der Waals surface area contributed by atoms with E-state index in [1.807, 2.05) is 92.6 Å². The molecule has 1 aliphatic carbocycles. The molecule has 0 bridgehead atoms. The van der Waals surface area contributed by atoms with E-state index in [-0.39, 0.29) is 5.41 Å². The van der Waals surface area contributed by atoms with E-state index < -0.39 is 0 Å². The van der Waals surface area contributed by atoms with Crippen molar-refractivity contribution in [2.45, 2.75) is 39.9 Å². The molecule has 9 rings (SSSR count). The van der Waals surface area contributed by atoms with Crippen molar-refractivity contribution in [2.75, 3.05) is 0 Å². The van der Waals surface area contributed by atoms with E-state index in [0.717, 1.165) is 83.8 Å². The van der Waals surface area contributed by atoms with Crippen LogP contribution in [0.1, 0.15) is 65.7 Å². The Labute approximate surface area is 327 Å². The molecule has 0 fully saturated rings. The Kier molecular flexibility index (Phi) is 8.65. The van der Waals surface area contributed by atoms with Crippen LogP contribution in [-0.2, 0) is 5.41 Å². The first-order chi connectivity index (χ1) is 27.3. The van der Waals surface area contributed by atoms with Crippen molar-refractivity contribution >= 4 is 35.1 Å². The molecule has 0 atom stereocenters. The number of aromatic nitrogens is 4. The van der Waals surface area contributed by atoms with Gasteiger partial charge in [0, 0.05) is 0 Å². The van der Waals surface area contributed by atoms with Crippen molar-refractivity contribution in [1.29, 1.82) is 0 Å². The van der Waals surface area contributed by atoms with Gasteiger partial charge in [-0.25, -0.2) is 0 Å². The second kappa shape index (κ2) is 13.8. The second-order valence-electron chi connectivity index (χ2n) is 14.7. The predicted octanol–water partition coefficient (Wildman–Crippen LogP) is 11.6. The molecule has 0 saturated heterocycles. The van der Waals surface area contributed by atoms with E-state index in [1.54, 1.807) is 0 Å². The molecule has 0 aliphatic heterocycles. The summed E-state index contributed by atoms with van der Waals surface area (Å²) in [6.45, 7) is 17.4. The van der Waals surface area contributed by atoms with Gasteiger partial charge in [0.25, 0.3) is 0 Å². The maximum atomic E-state index is 6.92. The molecule has 0 spiro atoms. The minimum atomic E-state index is -0.232. The van der Waals surface area contributed by atoms with Crippen molar-refractivity contribution in [1.82, 2.24) is 19.9 Å². The van der Waals surface area contributed by atoms with Crippen molar-refractivity contribution in [3.63, 3.8) is 0 Å². The summed E-state index contributed by atoms with van der Waals surface area (Å²) in [5.74, 6) is 5.49. The van der Waals surface area contributed by atoms with Gasteiger partial charge in [0.05, 0.1) is 0 Å². The first kappa shape index (κ1) is 35.0. The number of fused-ring (bicyclic) bond motifs is 5. The van der Waals surface area contributed by atoms with E-state index in [2.05, 4.69) is 87.7 Å². The fourth-order valence-electron chi connectivity index (χ4n) is 8.03. The average Bonchev–Trinajstić information content (AvgIpc) is 3.91. The number of rotatable bonds is 8. The SMILES string of the molecule is C=C(c1ccc2c(c1)C(C)(C)c1ccc3ncoc3c1-2)c1oc(/C(=C\C)c2cccc(-c3nc(-c4ccccc4)nc(-c4ccccc4)n3)c2)c(C)c1/C=B\C. The number of nitrogens with zero attached hydrogens (tertiary/aromatic N) is 4. The zero-order valence-electron chi connectivity index (χ0n) is 32.1. The van der Waals surface area contributed by atoms with Crippen LogP contribution < -0.4 is 0 Å². The van der Waals surface area contributed by atoms with Crippen LogP contribution >= 0.6 is 0 Å². The summed E-state index contributed by atoms with van der Waals surface area (Å²) in [5.41, 5.74) is 14.8. The molecule has 0 N–H and O–H groups in total. The Bertz CT molecular complexity index is 2820. The molecule has 0 saturated carbocycles. The van der Waals surface area contributed by atoms with Gasteiger partial charge in [-0.3, -0.25) is 0 Å². The van der Waals surface area contributed by atoms with Crippen molar-refractivity contribution in [2.24, 2.45) is 0 Å². The van der Waals surface area contributed by atoms with Gasteiger partial charge in [-0.15, -0.1) is 0 Å². The predicted molar refractivity (Wildman–Crippen MR) is 229 cm³/mol. The quantitative estimate of drug-likeness (QED) is 0.145. The zero-order valence-corrected chi connectivity index (χ0v) is 32.1. The standard InChI is InChI=1S/C49H39BN4O2/c1-7-36(34-19-14-20-35(25-34)48-53-46(31-15-10-8-11-16-31)52-47(54-48)32-17-12-9-13-18-32)44-30(3)38(27-50-6)43(56-44)29(2)33-21-22-37-40(26-33)49(4,5)39-23-24-41-45(42(37)39)55-28-51-41/h7-28H,2H2,1,3-6H3/b36-7-. The zero-order chi connectivity index (χ0) is 38.6. The molecule has 3 aromatic heterocycles. The normalized spacial score (nSPS) is 13.2. The van der Waals surface area contributed by atoms with Gasteiger partial charge in [0.15, 0.2) is 0 Å². The van der Waals surface area contributed by atoms with Gasteiger partial charge in [-0.1, -0.05) is 60.7 Å². The molecule has 7 heteroatoms. The third-order valence-corrected chi connectivity index (χ3v) is 10.9. The Morgan fingerprint density at radius 1 is 0.714 bits per heavy atom. The van der Waals surface area contributed by atoms with Gasteiger partial charge in [-0.05, 0) is 0 Å². The Hall–Kier alpha value is -6.73. The molecule has 8 aromatic rings. The fourth-order valence-corrected chi connectivity index (χ4v) is 8.03. The molecule has 270 valence electrons. The number of hydrogen-bond acceptors (Lipinski definition) is 6. The topological polar surface area (TPSA) is 77.8 Å². The summed E-state index contributed by atoms with van der Waals surface area (Å²) in [5, 5.41) is 0. The van der Waals surface area contributed by atoms with Crippen LogP contribution in [0.2, 0.25) is 6.82 Å². The van der Waals surface area contributed by atoms with Crippen molar-refractivity contribution in [3.8, 4) is 45.3 Å². The molecule has 5 aromatic carbocycles. The Morgan fingerprint density at radius 2 is 1.38 bits per heavy atom. The monoisotopic (exact) mass is 726 g/mol. The molecular formula is C49H39BN4O2. The number of allylic oxidation sites excluding steroid dienone is 1. The van der Waals surface area contributed by atoms with Gasteiger partial charge >= 0.3 is 268 Å². The third-order valence-electron chi connectivity index (χ3n) is 10.9. The number of oxazole rings is 1. The van der Waals surface area contributed by atoms with E-state index in [0.29, 0.717) is 17.5 Å². The van der Waals surface area contributed by atoms with E-state index in [9.17, 15) is 0 Å². The number of benzene rings is 5. The van der Waals surface area contributed by atoms with Crippen LogP contribution in [0.5, 0.6) is 0 Å². The van der Waals surface area contributed by atoms with Crippen LogP contribution in [-0.4, -0.2) is 32.8 Å². The molecule has 56 heavy (non-hydrogen) atoms.